The zero-order valence-electron chi connectivity index (χ0n) is 28.6. The van der Waals surface area contributed by atoms with Crippen LogP contribution in [0.5, 0.6) is 23.0 Å². The first kappa shape index (κ1) is 34.8. The van der Waals surface area contributed by atoms with E-state index in [1.54, 1.807) is 16.9 Å². The molecule has 46 heavy (non-hydrogen) atoms. The first-order valence-electron chi connectivity index (χ1n) is 17.1. The van der Waals surface area contributed by atoms with Crippen LogP contribution in [0, 0.1) is 25.7 Å². The van der Waals surface area contributed by atoms with Crippen LogP contribution in [0.25, 0.3) is 5.70 Å². The summed E-state index contributed by atoms with van der Waals surface area (Å²) in [5, 5.41) is 27.2. The van der Waals surface area contributed by atoms with Crippen molar-refractivity contribution < 1.29 is 19.7 Å². The number of aliphatic imine (C=N–C) groups is 2. The number of phenolic OH excluding ortho intramolecular Hbond substituents is 2. The monoisotopic (exact) mass is 628 g/mol. The van der Waals surface area contributed by atoms with Gasteiger partial charge in [0.2, 0.25) is 0 Å². The van der Waals surface area contributed by atoms with E-state index >= 15 is 0 Å². The lowest BCUT2D eigenvalue weighted by molar-refractivity contribution is 0.231. The molecule has 0 aliphatic carbocycles. The number of hydrogen-bond acceptors (Lipinski definition) is 7. The predicted octanol–water partition coefficient (Wildman–Crippen LogP) is 9.24. The number of rotatable bonds is 16. The highest BCUT2D eigenvalue weighted by atomic mass is 16.5. The topological polar surface area (TPSA) is 101 Å². The molecule has 2 atom stereocenters. The summed E-state index contributed by atoms with van der Waals surface area (Å²) in [5.74, 6) is 3.45. The minimum Gasteiger partial charge on any atom is -0.507 e. The molecule has 0 spiro atoms. The zero-order valence-corrected chi connectivity index (χ0v) is 28.6. The average Bonchev–Trinajstić information content (AvgIpc) is 3.52. The Morgan fingerprint density at radius 2 is 1.35 bits per heavy atom. The third-order valence-electron chi connectivity index (χ3n) is 9.02. The first-order chi connectivity index (χ1) is 22.3. The number of aromatic nitrogens is 2. The van der Waals surface area contributed by atoms with Crippen LogP contribution in [-0.2, 0) is 0 Å². The van der Waals surface area contributed by atoms with Crippen molar-refractivity contribution in [2.24, 2.45) is 21.8 Å². The lowest BCUT2D eigenvalue weighted by Gasteiger charge is -2.18. The molecule has 2 heterocycles. The lowest BCUT2D eigenvalue weighted by Crippen LogP contribution is -2.14. The third-order valence-corrected chi connectivity index (χ3v) is 9.02. The molecular weight excluding hydrogens is 576 g/mol. The van der Waals surface area contributed by atoms with Crippen molar-refractivity contribution in [1.82, 2.24) is 9.78 Å². The summed E-state index contributed by atoms with van der Waals surface area (Å²) in [6.07, 6.45) is 15.0. The van der Waals surface area contributed by atoms with Gasteiger partial charge in [-0.05, 0) is 68.9 Å². The highest BCUT2D eigenvalue weighted by molar-refractivity contribution is 6.12. The maximum atomic E-state index is 11.4. The van der Waals surface area contributed by atoms with Gasteiger partial charge in [-0.15, -0.1) is 0 Å². The van der Waals surface area contributed by atoms with Gasteiger partial charge in [-0.2, -0.15) is 5.10 Å². The molecule has 8 heteroatoms. The molecule has 2 N–H and O–H groups in total. The van der Waals surface area contributed by atoms with Crippen LogP contribution in [0.2, 0.25) is 0 Å². The smallest absolute Gasteiger partial charge is 0.165 e. The average molecular weight is 629 g/mol. The molecule has 2 aromatic carbocycles. The quantitative estimate of drug-likeness (QED) is 0.165. The molecule has 0 saturated heterocycles. The van der Waals surface area contributed by atoms with Gasteiger partial charge in [-0.3, -0.25) is 0 Å². The van der Waals surface area contributed by atoms with E-state index in [0.717, 1.165) is 25.7 Å². The fraction of sp³-hybridized carbons (Fsp3) is 0.500. The molecule has 248 valence electrons. The molecular formula is C38H52N4O4. The van der Waals surface area contributed by atoms with Crippen molar-refractivity contribution >= 4 is 17.4 Å². The fourth-order valence-electron chi connectivity index (χ4n) is 5.67. The van der Waals surface area contributed by atoms with Gasteiger partial charge < -0.3 is 19.7 Å². The van der Waals surface area contributed by atoms with Gasteiger partial charge in [0.25, 0.3) is 0 Å². The van der Waals surface area contributed by atoms with E-state index in [0.29, 0.717) is 82.6 Å². The van der Waals surface area contributed by atoms with Gasteiger partial charge in [0.1, 0.15) is 28.8 Å². The Bertz CT molecular complexity index is 1520. The number of allylic oxidation sites excluding steroid dienone is 1. The Labute approximate surface area is 274 Å². The van der Waals surface area contributed by atoms with E-state index in [9.17, 15) is 10.2 Å². The number of phenols is 2. The number of benzene rings is 2. The number of amidine groups is 1. The molecule has 0 saturated carbocycles. The van der Waals surface area contributed by atoms with Gasteiger partial charge in [-0.25, -0.2) is 14.7 Å². The summed E-state index contributed by atoms with van der Waals surface area (Å²) in [6.45, 7) is 13.8. The number of ether oxygens (including phenoxy) is 2. The first-order valence-corrected chi connectivity index (χ1v) is 17.1. The lowest BCUT2D eigenvalue weighted by atomic mass is 10.0. The summed E-state index contributed by atoms with van der Waals surface area (Å²) < 4.78 is 14.1. The van der Waals surface area contributed by atoms with Gasteiger partial charge >= 0.3 is 0 Å². The minimum absolute atomic E-state index is 0.0698. The largest absolute Gasteiger partial charge is 0.507 e. The molecule has 2 unspecified atom stereocenters. The zero-order chi connectivity index (χ0) is 33.1. The maximum absolute atomic E-state index is 11.4. The van der Waals surface area contributed by atoms with Crippen molar-refractivity contribution in [1.29, 1.82) is 0 Å². The summed E-state index contributed by atoms with van der Waals surface area (Å²) in [5.41, 5.74) is 2.92. The number of hydrogen-bond donors (Lipinski definition) is 2. The van der Waals surface area contributed by atoms with Crippen molar-refractivity contribution in [2.75, 3.05) is 13.2 Å². The molecule has 4 rings (SSSR count). The summed E-state index contributed by atoms with van der Waals surface area (Å²) in [7, 11) is 0. The number of nitrogens with zero attached hydrogens (tertiary/aromatic N) is 4. The van der Waals surface area contributed by atoms with Crippen LogP contribution < -0.4 is 9.47 Å². The Morgan fingerprint density at radius 1 is 0.783 bits per heavy atom. The van der Waals surface area contributed by atoms with E-state index in [4.69, 9.17) is 19.5 Å². The minimum atomic E-state index is 0.0698. The van der Waals surface area contributed by atoms with Crippen molar-refractivity contribution in [3.63, 3.8) is 0 Å². The normalized spacial score (nSPS) is 14.6. The molecule has 8 nitrogen and oxygen atoms in total. The summed E-state index contributed by atoms with van der Waals surface area (Å²) in [6, 6.07) is 9.29. The van der Waals surface area contributed by atoms with Gasteiger partial charge in [0.05, 0.1) is 24.5 Å². The molecule has 0 fully saturated rings. The van der Waals surface area contributed by atoms with Crippen molar-refractivity contribution in [3.8, 4) is 23.0 Å². The second-order valence-corrected chi connectivity index (χ2v) is 12.3. The number of aromatic hydroxyl groups is 2. The Kier molecular flexibility index (Phi) is 12.9. The van der Waals surface area contributed by atoms with Crippen LogP contribution in [0.4, 0.5) is 0 Å². The van der Waals surface area contributed by atoms with E-state index in [2.05, 4.69) is 32.8 Å². The second kappa shape index (κ2) is 17.0. The van der Waals surface area contributed by atoms with Crippen LogP contribution in [0.15, 0.2) is 58.8 Å². The van der Waals surface area contributed by atoms with Crippen LogP contribution in [0.1, 0.15) is 108 Å². The summed E-state index contributed by atoms with van der Waals surface area (Å²) >= 11 is 0. The SMILES string of the molecule is CCCCC(CC)COc1ccc(C2=CCC(n3cccn3)=NC(c3ccc(OCC(CC)CCCC)c(C)c3O)=N2)c(O)c1C. The van der Waals surface area contributed by atoms with Crippen LogP contribution in [0.3, 0.4) is 0 Å². The molecule has 0 radical (unpaired) electrons. The van der Waals surface area contributed by atoms with Gasteiger partial charge in [-0.1, -0.05) is 72.3 Å². The highest BCUT2D eigenvalue weighted by Crippen LogP contribution is 2.38. The molecule has 1 aliphatic rings. The molecule has 1 aliphatic heterocycles. The Morgan fingerprint density at radius 3 is 1.87 bits per heavy atom. The summed E-state index contributed by atoms with van der Waals surface area (Å²) in [4.78, 5) is 9.81. The molecule has 1 aromatic heterocycles. The second-order valence-electron chi connectivity index (χ2n) is 12.3. The maximum Gasteiger partial charge on any atom is 0.165 e. The highest BCUT2D eigenvalue weighted by Gasteiger charge is 2.22. The third kappa shape index (κ3) is 8.59. The van der Waals surface area contributed by atoms with E-state index in [-0.39, 0.29) is 11.5 Å². The van der Waals surface area contributed by atoms with Gasteiger partial charge in [0, 0.05) is 35.5 Å². The van der Waals surface area contributed by atoms with Crippen LogP contribution >= 0.6 is 0 Å². The van der Waals surface area contributed by atoms with E-state index < -0.39 is 0 Å². The molecule has 3 aromatic rings. The van der Waals surface area contributed by atoms with E-state index in [1.165, 1.54) is 25.7 Å². The van der Waals surface area contributed by atoms with Crippen molar-refractivity contribution in [2.45, 2.75) is 99.3 Å². The standard InChI is InChI=1S/C38H52N4O4/c1-7-11-14-28(9-3)24-45-33-19-16-30(36(43)26(33)5)32-18-21-35(42-23-13-22-39-42)41-38(40-32)31-17-20-34(27(6)37(31)44)46-25-29(10-4)15-12-8-2/h13,16-20,22-23,28-29,43-44H,7-12,14-15,21,24-25H2,1-6H3. The van der Waals surface area contributed by atoms with Crippen LogP contribution in [-0.4, -0.2) is 44.9 Å². The Hall–Kier alpha value is -4.07. The Balaban J connectivity index is 1.66. The fourth-order valence-corrected chi connectivity index (χ4v) is 5.67. The predicted molar refractivity (Wildman–Crippen MR) is 187 cm³/mol. The molecule has 0 bridgehead atoms. The number of unbranched alkanes of at least 4 members (excludes halogenated alkanes) is 2. The van der Waals surface area contributed by atoms with Gasteiger partial charge in [0.15, 0.2) is 5.84 Å². The molecule has 0 amide bonds. The van der Waals surface area contributed by atoms with Crippen molar-refractivity contribution in [3.05, 3.63) is 71.1 Å². The van der Waals surface area contributed by atoms with E-state index in [1.807, 2.05) is 50.4 Å².